The molecule has 1 atom stereocenters. The van der Waals surface area contributed by atoms with Crippen molar-refractivity contribution in [1.82, 2.24) is 15.1 Å². The summed E-state index contributed by atoms with van der Waals surface area (Å²) in [6.07, 6.45) is 4.27. The van der Waals surface area contributed by atoms with Crippen molar-refractivity contribution < 1.29 is 0 Å². The van der Waals surface area contributed by atoms with Crippen LogP contribution in [0.3, 0.4) is 0 Å². The minimum absolute atomic E-state index is 0.462. The van der Waals surface area contributed by atoms with Gasteiger partial charge in [-0.1, -0.05) is 13.8 Å². The summed E-state index contributed by atoms with van der Waals surface area (Å²) in [5.74, 6) is 0. The van der Waals surface area contributed by atoms with Crippen LogP contribution in [0.25, 0.3) is 0 Å². The van der Waals surface area contributed by atoms with E-state index in [1.54, 1.807) is 0 Å². The van der Waals surface area contributed by atoms with Crippen LogP contribution in [0.1, 0.15) is 44.0 Å². The second-order valence-electron chi connectivity index (χ2n) is 3.72. The van der Waals surface area contributed by atoms with Crippen LogP contribution in [-0.2, 0) is 7.05 Å². The van der Waals surface area contributed by atoms with Crippen molar-refractivity contribution in [2.75, 3.05) is 6.54 Å². The highest BCUT2D eigenvalue weighted by Crippen LogP contribution is 2.19. The highest BCUT2D eigenvalue weighted by Gasteiger charge is 2.13. The van der Waals surface area contributed by atoms with Gasteiger partial charge in [0.1, 0.15) is 0 Å². The van der Waals surface area contributed by atoms with Gasteiger partial charge in [0.25, 0.3) is 0 Å². The molecule has 0 aliphatic carbocycles. The Morgan fingerprint density at radius 3 is 2.64 bits per heavy atom. The lowest BCUT2D eigenvalue weighted by atomic mass is 10.1. The van der Waals surface area contributed by atoms with Crippen LogP contribution in [0.2, 0.25) is 0 Å². The first kappa shape index (κ1) is 11.2. The smallest absolute Gasteiger partial charge is 0.0540 e. The third kappa shape index (κ3) is 2.35. The second-order valence-corrected chi connectivity index (χ2v) is 3.72. The van der Waals surface area contributed by atoms with Gasteiger partial charge in [0.15, 0.2) is 0 Å². The molecule has 0 spiro atoms. The van der Waals surface area contributed by atoms with Crippen LogP contribution in [0.15, 0.2) is 6.20 Å². The van der Waals surface area contributed by atoms with Gasteiger partial charge in [-0.15, -0.1) is 0 Å². The molecule has 1 unspecified atom stereocenters. The zero-order chi connectivity index (χ0) is 10.6. The van der Waals surface area contributed by atoms with Gasteiger partial charge < -0.3 is 5.32 Å². The topological polar surface area (TPSA) is 29.9 Å². The van der Waals surface area contributed by atoms with Crippen LogP contribution in [-0.4, -0.2) is 16.3 Å². The summed E-state index contributed by atoms with van der Waals surface area (Å²) in [5, 5.41) is 7.81. The summed E-state index contributed by atoms with van der Waals surface area (Å²) < 4.78 is 1.94. The van der Waals surface area contributed by atoms with Crippen molar-refractivity contribution in [3.8, 4) is 0 Å². The van der Waals surface area contributed by atoms with Gasteiger partial charge in [0.05, 0.1) is 6.20 Å². The van der Waals surface area contributed by atoms with E-state index in [0.29, 0.717) is 6.04 Å². The monoisotopic (exact) mass is 195 g/mol. The van der Waals surface area contributed by atoms with Crippen molar-refractivity contribution in [3.05, 3.63) is 17.5 Å². The number of nitrogens with zero attached hydrogens (tertiary/aromatic N) is 2. The predicted molar refractivity (Wildman–Crippen MR) is 59.3 cm³/mol. The molecule has 14 heavy (non-hydrogen) atoms. The Bertz CT molecular complexity index is 278. The summed E-state index contributed by atoms with van der Waals surface area (Å²) in [6, 6.07) is 0.462. The Morgan fingerprint density at radius 2 is 2.21 bits per heavy atom. The quantitative estimate of drug-likeness (QED) is 0.780. The van der Waals surface area contributed by atoms with Crippen molar-refractivity contribution in [3.63, 3.8) is 0 Å². The average Bonchev–Trinajstić information content (AvgIpc) is 2.51. The molecule has 3 heteroatoms. The Hall–Kier alpha value is -0.830. The lowest BCUT2D eigenvalue weighted by molar-refractivity contribution is 0.515. The van der Waals surface area contributed by atoms with Gasteiger partial charge in [-0.3, -0.25) is 4.68 Å². The molecule has 1 rings (SSSR count). The zero-order valence-corrected chi connectivity index (χ0v) is 9.67. The maximum Gasteiger partial charge on any atom is 0.0540 e. The first-order valence-electron chi connectivity index (χ1n) is 5.42. The number of hydrogen-bond donors (Lipinski definition) is 1. The highest BCUT2D eigenvalue weighted by molar-refractivity contribution is 5.20. The van der Waals surface area contributed by atoms with Gasteiger partial charge in [0, 0.05) is 24.3 Å². The number of aryl methyl sites for hydroxylation is 1. The van der Waals surface area contributed by atoms with Crippen LogP contribution in [0.5, 0.6) is 0 Å². The molecule has 1 heterocycles. The van der Waals surface area contributed by atoms with E-state index < -0.39 is 0 Å². The van der Waals surface area contributed by atoms with Gasteiger partial charge in [-0.25, -0.2) is 0 Å². The van der Waals surface area contributed by atoms with Crippen molar-refractivity contribution in [2.45, 2.75) is 39.7 Å². The van der Waals surface area contributed by atoms with E-state index in [9.17, 15) is 0 Å². The first-order chi connectivity index (χ1) is 6.70. The molecule has 3 nitrogen and oxygen atoms in total. The molecule has 1 N–H and O–H groups in total. The van der Waals surface area contributed by atoms with E-state index in [1.807, 2.05) is 17.9 Å². The summed E-state index contributed by atoms with van der Waals surface area (Å²) in [5.41, 5.74) is 2.60. The van der Waals surface area contributed by atoms with Crippen molar-refractivity contribution in [2.24, 2.45) is 7.05 Å². The summed E-state index contributed by atoms with van der Waals surface area (Å²) >= 11 is 0. The van der Waals surface area contributed by atoms with Crippen molar-refractivity contribution in [1.29, 1.82) is 0 Å². The largest absolute Gasteiger partial charge is 0.310 e. The fourth-order valence-electron chi connectivity index (χ4n) is 1.65. The fourth-order valence-corrected chi connectivity index (χ4v) is 1.65. The molecule has 1 aromatic rings. The van der Waals surface area contributed by atoms with E-state index in [4.69, 9.17) is 0 Å². The van der Waals surface area contributed by atoms with Crippen molar-refractivity contribution >= 4 is 0 Å². The van der Waals surface area contributed by atoms with E-state index in [0.717, 1.165) is 13.0 Å². The Kier molecular flexibility index (Phi) is 4.14. The molecule has 1 aromatic heterocycles. The first-order valence-corrected chi connectivity index (χ1v) is 5.42. The molecule has 0 saturated carbocycles. The SMILES string of the molecule is CCCNC(CC)c1cnn(C)c1C. The zero-order valence-electron chi connectivity index (χ0n) is 9.67. The van der Waals surface area contributed by atoms with E-state index in [-0.39, 0.29) is 0 Å². The normalized spacial score (nSPS) is 13.1. The summed E-state index contributed by atoms with van der Waals surface area (Å²) in [4.78, 5) is 0. The molecule has 0 saturated heterocycles. The number of nitrogens with one attached hydrogen (secondary N) is 1. The Morgan fingerprint density at radius 1 is 1.50 bits per heavy atom. The van der Waals surface area contributed by atoms with Crippen LogP contribution < -0.4 is 5.32 Å². The minimum atomic E-state index is 0.462. The van der Waals surface area contributed by atoms with Gasteiger partial charge >= 0.3 is 0 Å². The Balaban J connectivity index is 2.73. The fraction of sp³-hybridized carbons (Fsp3) is 0.727. The minimum Gasteiger partial charge on any atom is -0.310 e. The molecule has 0 bridgehead atoms. The standard InChI is InChI=1S/C11H21N3/c1-5-7-12-11(6-2)10-8-13-14(4)9(10)3/h8,11-12H,5-7H2,1-4H3. The van der Waals surface area contributed by atoms with Crippen LogP contribution in [0, 0.1) is 6.92 Å². The number of rotatable bonds is 5. The molecule has 0 fully saturated rings. The molecular weight excluding hydrogens is 174 g/mol. The van der Waals surface area contributed by atoms with E-state index in [1.165, 1.54) is 17.7 Å². The third-order valence-corrected chi connectivity index (χ3v) is 2.70. The highest BCUT2D eigenvalue weighted by atomic mass is 15.3. The van der Waals surface area contributed by atoms with Gasteiger partial charge in [-0.05, 0) is 26.3 Å². The molecule has 0 aliphatic rings. The summed E-state index contributed by atoms with van der Waals surface area (Å²) in [7, 11) is 1.99. The van der Waals surface area contributed by atoms with Crippen LogP contribution in [0.4, 0.5) is 0 Å². The predicted octanol–water partition coefficient (Wildman–Crippen LogP) is 2.18. The molecule has 80 valence electrons. The number of hydrogen-bond acceptors (Lipinski definition) is 2. The molecule has 0 aromatic carbocycles. The maximum absolute atomic E-state index is 4.27. The number of aromatic nitrogens is 2. The second kappa shape index (κ2) is 5.15. The Labute approximate surface area is 86.5 Å². The molecular formula is C11H21N3. The third-order valence-electron chi connectivity index (χ3n) is 2.70. The van der Waals surface area contributed by atoms with Gasteiger partial charge in [-0.2, -0.15) is 5.10 Å². The molecule has 0 amide bonds. The molecule has 0 aliphatic heterocycles. The molecule has 0 radical (unpaired) electrons. The van der Waals surface area contributed by atoms with Crippen LogP contribution >= 0.6 is 0 Å². The lowest BCUT2D eigenvalue weighted by Gasteiger charge is -2.16. The summed E-state index contributed by atoms with van der Waals surface area (Å²) in [6.45, 7) is 7.60. The maximum atomic E-state index is 4.27. The average molecular weight is 195 g/mol. The van der Waals surface area contributed by atoms with E-state index >= 15 is 0 Å². The lowest BCUT2D eigenvalue weighted by Crippen LogP contribution is -2.21. The van der Waals surface area contributed by atoms with E-state index in [2.05, 4.69) is 31.2 Å². The van der Waals surface area contributed by atoms with Gasteiger partial charge in [0.2, 0.25) is 0 Å².